The summed E-state index contributed by atoms with van der Waals surface area (Å²) in [6, 6.07) is 0.912. The highest BCUT2D eigenvalue weighted by Crippen LogP contribution is 2.27. The van der Waals surface area contributed by atoms with Crippen molar-refractivity contribution in [3.05, 3.63) is 0 Å². The van der Waals surface area contributed by atoms with Crippen molar-refractivity contribution in [2.75, 3.05) is 26.2 Å². The van der Waals surface area contributed by atoms with Gasteiger partial charge in [0.1, 0.15) is 0 Å². The molecule has 0 aromatic carbocycles. The third-order valence-electron chi connectivity index (χ3n) is 5.18. The van der Waals surface area contributed by atoms with Gasteiger partial charge in [0.2, 0.25) is 5.91 Å². The van der Waals surface area contributed by atoms with Gasteiger partial charge >= 0.3 is 0 Å². The number of piperazine rings is 1. The number of carbonyl (C=O) groups is 1. The number of rotatable bonds is 4. The second kappa shape index (κ2) is 7.41. The Balaban J connectivity index is 1.70. The number of likely N-dealkylation sites (N-methyl/N-ethyl adjacent to an activating group) is 1. The van der Waals surface area contributed by atoms with Crippen molar-refractivity contribution in [1.82, 2.24) is 9.80 Å². The SMILES string of the molecule is CCN1CCN(C(=O)CCC2CCC(N)CC2)CC1C. The first-order chi connectivity index (χ1) is 9.60. The predicted molar refractivity (Wildman–Crippen MR) is 82.5 cm³/mol. The van der Waals surface area contributed by atoms with Crippen molar-refractivity contribution in [3.8, 4) is 0 Å². The Morgan fingerprint density at radius 3 is 2.50 bits per heavy atom. The molecule has 4 nitrogen and oxygen atoms in total. The Bertz CT molecular complexity index is 313. The lowest BCUT2D eigenvalue weighted by Gasteiger charge is -2.39. The summed E-state index contributed by atoms with van der Waals surface area (Å²) in [6.07, 6.45) is 6.52. The first-order valence-corrected chi connectivity index (χ1v) is 8.37. The molecule has 1 aliphatic heterocycles. The summed E-state index contributed by atoms with van der Waals surface area (Å²) in [5.41, 5.74) is 5.93. The Kier molecular flexibility index (Phi) is 5.85. The van der Waals surface area contributed by atoms with E-state index in [4.69, 9.17) is 5.73 Å². The van der Waals surface area contributed by atoms with E-state index in [2.05, 4.69) is 23.6 Å². The topological polar surface area (TPSA) is 49.6 Å². The van der Waals surface area contributed by atoms with Crippen LogP contribution in [-0.4, -0.2) is 54.0 Å². The van der Waals surface area contributed by atoms with E-state index < -0.39 is 0 Å². The number of hydrogen-bond donors (Lipinski definition) is 1. The normalized spacial score (nSPS) is 32.4. The second-order valence-electron chi connectivity index (χ2n) is 6.64. The largest absolute Gasteiger partial charge is 0.340 e. The van der Waals surface area contributed by atoms with Gasteiger partial charge in [0.15, 0.2) is 0 Å². The lowest BCUT2D eigenvalue weighted by atomic mass is 9.83. The van der Waals surface area contributed by atoms with Crippen molar-refractivity contribution >= 4 is 5.91 Å². The fourth-order valence-electron chi connectivity index (χ4n) is 3.65. The highest BCUT2D eigenvalue weighted by atomic mass is 16.2. The van der Waals surface area contributed by atoms with Crippen LogP contribution in [0.1, 0.15) is 52.4 Å². The van der Waals surface area contributed by atoms with Gasteiger partial charge in [-0.15, -0.1) is 0 Å². The molecule has 4 heteroatoms. The summed E-state index contributed by atoms with van der Waals surface area (Å²) in [6.45, 7) is 8.36. The number of amides is 1. The van der Waals surface area contributed by atoms with Gasteiger partial charge in [0.25, 0.3) is 0 Å². The quantitative estimate of drug-likeness (QED) is 0.855. The van der Waals surface area contributed by atoms with Crippen LogP contribution in [0.3, 0.4) is 0 Å². The maximum absolute atomic E-state index is 12.3. The van der Waals surface area contributed by atoms with Gasteiger partial charge in [0.05, 0.1) is 0 Å². The smallest absolute Gasteiger partial charge is 0.222 e. The van der Waals surface area contributed by atoms with Crippen LogP contribution in [0, 0.1) is 5.92 Å². The van der Waals surface area contributed by atoms with Crippen molar-refractivity contribution in [2.45, 2.75) is 64.5 Å². The summed E-state index contributed by atoms with van der Waals surface area (Å²) in [7, 11) is 0. The Labute approximate surface area is 123 Å². The molecular weight excluding hydrogens is 250 g/mol. The summed E-state index contributed by atoms with van der Waals surface area (Å²) in [5.74, 6) is 1.09. The van der Waals surface area contributed by atoms with Gasteiger partial charge in [-0.05, 0) is 51.5 Å². The van der Waals surface area contributed by atoms with E-state index in [-0.39, 0.29) is 0 Å². The summed E-state index contributed by atoms with van der Waals surface area (Å²) in [5, 5.41) is 0. The average molecular weight is 281 g/mol. The maximum atomic E-state index is 12.3. The molecule has 116 valence electrons. The van der Waals surface area contributed by atoms with Crippen LogP contribution in [-0.2, 0) is 4.79 Å². The molecular formula is C16H31N3O. The van der Waals surface area contributed by atoms with E-state index in [1.54, 1.807) is 0 Å². The molecule has 1 aliphatic carbocycles. The van der Waals surface area contributed by atoms with E-state index in [1.165, 1.54) is 12.8 Å². The maximum Gasteiger partial charge on any atom is 0.222 e. The number of nitrogens with zero attached hydrogens (tertiary/aromatic N) is 2. The molecule has 0 radical (unpaired) electrons. The fourth-order valence-corrected chi connectivity index (χ4v) is 3.65. The molecule has 0 aromatic heterocycles. The molecule has 20 heavy (non-hydrogen) atoms. The van der Waals surface area contributed by atoms with E-state index in [0.29, 0.717) is 18.0 Å². The average Bonchev–Trinajstić information content (AvgIpc) is 2.46. The predicted octanol–water partition coefficient (Wildman–Crippen LogP) is 1.84. The van der Waals surface area contributed by atoms with Gasteiger partial charge < -0.3 is 10.6 Å². The molecule has 0 aromatic rings. The van der Waals surface area contributed by atoms with Gasteiger partial charge in [-0.1, -0.05) is 6.92 Å². The van der Waals surface area contributed by atoms with Crippen LogP contribution >= 0.6 is 0 Å². The molecule has 0 spiro atoms. The van der Waals surface area contributed by atoms with Gasteiger partial charge in [0, 0.05) is 38.1 Å². The van der Waals surface area contributed by atoms with Gasteiger partial charge in [-0.2, -0.15) is 0 Å². The number of hydrogen-bond acceptors (Lipinski definition) is 3. The van der Waals surface area contributed by atoms with Gasteiger partial charge in [-0.3, -0.25) is 9.69 Å². The van der Waals surface area contributed by atoms with Crippen LogP contribution in [0.15, 0.2) is 0 Å². The van der Waals surface area contributed by atoms with Crippen LogP contribution in [0.25, 0.3) is 0 Å². The minimum absolute atomic E-state index is 0.363. The molecule has 0 bridgehead atoms. The number of nitrogens with two attached hydrogens (primary N) is 1. The first kappa shape index (κ1) is 15.8. The van der Waals surface area contributed by atoms with Gasteiger partial charge in [-0.25, -0.2) is 0 Å². The Hall–Kier alpha value is -0.610. The molecule has 1 unspecified atom stereocenters. The summed E-state index contributed by atoms with van der Waals surface area (Å²) in [4.78, 5) is 16.9. The van der Waals surface area contributed by atoms with Crippen molar-refractivity contribution < 1.29 is 4.79 Å². The minimum Gasteiger partial charge on any atom is -0.340 e. The standard InChI is InChI=1S/C16H31N3O/c1-3-18-10-11-19(12-13(18)2)16(20)9-6-14-4-7-15(17)8-5-14/h13-15H,3-12,17H2,1-2H3. The van der Waals surface area contributed by atoms with Crippen molar-refractivity contribution in [3.63, 3.8) is 0 Å². The van der Waals surface area contributed by atoms with Crippen molar-refractivity contribution in [1.29, 1.82) is 0 Å². The van der Waals surface area contributed by atoms with Crippen LogP contribution in [0.2, 0.25) is 0 Å². The first-order valence-electron chi connectivity index (χ1n) is 8.37. The third-order valence-corrected chi connectivity index (χ3v) is 5.18. The summed E-state index contributed by atoms with van der Waals surface area (Å²) < 4.78 is 0. The fraction of sp³-hybridized carbons (Fsp3) is 0.938. The molecule has 2 fully saturated rings. The van der Waals surface area contributed by atoms with E-state index in [0.717, 1.165) is 57.8 Å². The van der Waals surface area contributed by atoms with E-state index in [9.17, 15) is 4.79 Å². The highest BCUT2D eigenvalue weighted by molar-refractivity contribution is 5.76. The molecule has 1 atom stereocenters. The zero-order valence-corrected chi connectivity index (χ0v) is 13.2. The molecule has 2 rings (SSSR count). The molecule has 1 amide bonds. The molecule has 1 heterocycles. The van der Waals surface area contributed by atoms with Crippen LogP contribution in [0.5, 0.6) is 0 Å². The highest BCUT2D eigenvalue weighted by Gasteiger charge is 2.26. The molecule has 1 saturated carbocycles. The Morgan fingerprint density at radius 1 is 1.20 bits per heavy atom. The van der Waals surface area contributed by atoms with Crippen LogP contribution in [0.4, 0.5) is 0 Å². The van der Waals surface area contributed by atoms with Crippen molar-refractivity contribution in [2.24, 2.45) is 11.7 Å². The minimum atomic E-state index is 0.363. The lowest BCUT2D eigenvalue weighted by molar-refractivity contribution is -0.134. The third kappa shape index (κ3) is 4.19. The molecule has 2 aliphatic rings. The monoisotopic (exact) mass is 281 g/mol. The Morgan fingerprint density at radius 2 is 1.90 bits per heavy atom. The molecule has 1 saturated heterocycles. The molecule has 2 N–H and O–H groups in total. The zero-order valence-electron chi connectivity index (χ0n) is 13.2. The second-order valence-corrected chi connectivity index (χ2v) is 6.64. The zero-order chi connectivity index (χ0) is 14.5. The summed E-state index contributed by atoms with van der Waals surface area (Å²) >= 11 is 0. The van der Waals surface area contributed by atoms with E-state index >= 15 is 0 Å². The number of carbonyl (C=O) groups excluding carboxylic acids is 1. The lowest BCUT2D eigenvalue weighted by Crippen LogP contribution is -2.53. The van der Waals surface area contributed by atoms with E-state index in [1.807, 2.05) is 0 Å². The van der Waals surface area contributed by atoms with Crippen LogP contribution < -0.4 is 5.73 Å².